The van der Waals surface area contributed by atoms with Crippen molar-refractivity contribution in [2.45, 2.75) is 0 Å². The first kappa shape index (κ1) is 13.2. The van der Waals surface area contributed by atoms with Gasteiger partial charge >= 0.3 is 0 Å². The zero-order valence-corrected chi connectivity index (χ0v) is 11.9. The van der Waals surface area contributed by atoms with Crippen molar-refractivity contribution < 1.29 is 9.18 Å². The van der Waals surface area contributed by atoms with E-state index in [1.807, 2.05) is 22.6 Å². The van der Waals surface area contributed by atoms with Gasteiger partial charge in [0, 0.05) is 15.5 Å². The number of nitrogens with zero attached hydrogens (tertiary/aromatic N) is 1. The molecule has 1 heterocycles. The van der Waals surface area contributed by atoms with Crippen LogP contribution in [0.15, 0.2) is 36.5 Å². The van der Waals surface area contributed by atoms with Gasteiger partial charge in [-0.15, -0.1) is 0 Å². The van der Waals surface area contributed by atoms with Crippen LogP contribution in [0.3, 0.4) is 0 Å². The highest BCUT2D eigenvalue weighted by Gasteiger charge is 2.07. The Balaban J connectivity index is 2.18. The van der Waals surface area contributed by atoms with Gasteiger partial charge in [0.05, 0.1) is 5.56 Å². The Morgan fingerprint density at radius 2 is 2.11 bits per heavy atom. The van der Waals surface area contributed by atoms with E-state index in [4.69, 9.17) is 11.6 Å². The molecule has 0 unspecified atom stereocenters. The van der Waals surface area contributed by atoms with Gasteiger partial charge in [0.25, 0.3) is 5.91 Å². The largest absolute Gasteiger partial charge is 0.322 e. The lowest BCUT2D eigenvalue weighted by molar-refractivity contribution is 0.102. The zero-order valence-electron chi connectivity index (χ0n) is 8.95. The molecule has 0 atom stereocenters. The van der Waals surface area contributed by atoms with Gasteiger partial charge in [0.2, 0.25) is 0 Å². The molecule has 92 valence electrons. The van der Waals surface area contributed by atoms with Crippen molar-refractivity contribution in [1.82, 2.24) is 4.98 Å². The van der Waals surface area contributed by atoms with E-state index in [1.54, 1.807) is 12.1 Å². The highest BCUT2D eigenvalue weighted by Crippen LogP contribution is 2.16. The molecule has 3 nitrogen and oxygen atoms in total. The summed E-state index contributed by atoms with van der Waals surface area (Å²) < 4.78 is 13.9. The molecule has 1 aromatic heterocycles. The third kappa shape index (κ3) is 3.39. The molecule has 0 spiro atoms. The third-order valence-corrected chi connectivity index (χ3v) is 2.96. The van der Waals surface area contributed by atoms with Crippen molar-refractivity contribution in [3.05, 3.63) is 56.6 Å². The van der Waals surface area contributed by atoms with E-state index in [0.717, 1.165) is 0 Å². The van der Waals surface area contributed by atoms with Gasteiger partial charge < -0.3 is 5.32 Å². The summed E-state index contributed by atoms with van der Waals surface area (Å²) in [5.74, 6) is -0.757. The van der Waals surface area contributed by atoms with Crippen LogP contribution >= 0.6 is 34.2 Å². The van der Waals surface area contributed by atoms with E-state index in [2.05, 4.69) is 10.3 Å². The molecule has 0 bridgehead atoms. The number of nitrogens with one attached hydrogen (secondary N) is 1. The number of carbonyl (C=O) groups excluding carboxylic acids is 1. The van der Waals surface area contributed by atoms with Crippen LogP contribution in [0.1, 0.15) is 10.4 Å². The number of anilines is 1. The number of amides is 1. The highest BCUT2D eigenvalue weighted by molar-refractivity contribution is 14.1. The fraction of sp³-hybridized carbons (Fsp3) is 0. The SMILES string of the molecule is O=C(Nc1cc(F)cc(I)c1)c1ccc(Cl)nc1. The Labute approximate surface area is 122 Å². The first-order valence-electron chi connectivity index (χ1n) is 4.93. The van der Waals surface area contributed by atoms with E-state index in [1.165, 1.54) is 24.4 Å². The molecule has 2 rings (SSSR count). The van der Waals surface area contributed by atoms with Crippen molar-refractivity contribution in [3.63, 3.8) is 0 Å². The van der Waals surface area contributed by atoms with Crippen molar-refractivity contribution >= 4 is 45.8 Å². The molecule has 2 aromatic rings. The number of benzene rings is 1. The molecule has 1 aromatic carbocycles. The van der Waals surface area contributed by atoms with Gasteiger partial charge in [-0.1, -0.05) is 11.6 Å². The molecule has 0 saturated heterocycles. The van der Waals surface area contributed by atoms with E-state index in [9.17, 15) is 9.18 Å². The average molecular weight is 377 g/mol. The van der Waals surface area contributed by atoms with E-state index >= 15 is 0 Å². The summed E-state index contributed by atoms with van der Waals surface area (Å²) in [6.45, 7) is 0. The number of hydrogen-bond donors (Lipinski definition) is 1. The van der Waals surface area contributed by atoms with Crippen LogP contribution in [0.4, 0.5) is 10.1 Å². The normalized spacial score (nSPS) is 10.2. The van der Waals surface area contributed by atoms with Crippen LogP contribution in [0.25, 0.3) is 0 Å². The monoisotopic (exact) mass is 376 g/mol. The average Bonchev–Trinajstić information content (AvgIpc) is 2.28. The van der Waals surface area contributed by atoms with E-state index in [0.29, 0.717) is 20.0 Å². The van der Waals surface area contributed by atoms with Gasteiger partial charge in [-0.3, -0.25) is 4.79 Å². The number of halogens is 3. The molecule has 0 saturated carbocycles. The summed E-state index contributed by atoms with van der Waals surface area (Å²) in [7, 11) is 0. The number of pyridine rings is 1. The zero-order chi connectivity index (χ0) is 13.1. The van der Waals surface area contributed by atoms with Gasteiger partial charge in [0.1, 0.15) is 11.0 Å². The predicted molar refractivity (Wildman–Crippen MR) is 76.3 cm³/mol. The fourth-order valence-corrected chi connectivity index (χ4v) is 2.08. The molecule has 6 heteroatoms. The first-order chi connectivity index (χ1) is 8.54. The van der Waals surface area contributed by atoms with E-state index < -0.39 is 5.82 Å². The molecule has 0 fully saturated rings. The van der Waals surface area contributed by atoms with E-state index in [-0.39, 0.29) is 5.91 Å². The summed E-state index contributed by atoms with van der Waals surface area (Å²) in [4.78, 5) is 15.6. The van der Waals surface area contributed by atoms with Crippen molar-refractivity contribution in [3.8, 4) is 0 Å². The van der Waals surface area contributed by atoms with Gasteiger partial charge in [0.15, 0.2) is 0 Å². The Bertz CT molecular complexity index is 569. The number of hydrogen-bond acceptors (Lipinski definition) is 2. The Morgan fingerprint density at radius 1 is 1.33 bits per heavy atom. The molecule has 1 N–H and O–H groups in total. The Hall–Kier alpha value is -1.21. The number of rotatable bonds is 2. The maximum atomic E-state index is 13.1. The smallest absolute Gasteiger partial charge is 0.257 e. The number of carbonyl (C=O) groups is 1. The number of aromatic nitrogens is 1. The molecule has 0 aliphatic heterocycles. The maximum Gasteiger partial charge on any atom is 0.257 e. The maximum absolute atomic E-state index is 13.1. The van der Waals surface area contributed by atoms with Crippen LogP contribution in [0.2, 0.25) is 5.15 Å². The minimum absolute atomic E-state index is 0.312. The molecular weight excluding hydrogens is 370 g/mol. The predicted octanol–water partition coefficient (Wildman–Crippen LogP) is 3.73. The van der Waals surface area contributed by atoms with Crippen LogP contribution < -0.4 is 5.32 Å². The van der Waals surface area contributed by atoms with Gasteiger partial charge in [-0.05, 0) is 52.9 Å². The van der Waals surface area contributed by atoms with Gasteiger partial charge in [-0.25, -0.2) is 9.37 Å². The van der Waals surface area contributed by atoms with Crippen molar-refractivity contribution in [2.24, 2.45) is 0 Å². The fourth-order valence-electron chi connectivity index (χ4n) is 1.34. The van der Waals surface area contributed by atoms with Crippen LogP contribution in [-0.4, -0.2) is 10.9 Å². The van der Waals surface area contributed by atoms with Gasteiger partial charge in [-0.2, -0.15) is 0 Å². The first-order valence-corrected chi connectivity index (χ1v) is 6.39. The van der Waals surface area contributed by atoms with Crippen molar-refractivity contribution in [1.29, 1.82) is 0 Å². The molecule has 18 heavy (non-hydrogen) atoms. The quantitative estimate of drug-likeness (QED) is 0.641. The topological polar surface area (TPSA) is 42.0 Å². The summed E-state index contributed by atoms with van der Waals surface area (Å²) >= 11 is 7.60. The minimum atomic E-state index is -0.397. The van der Waals surface area contributed by atoms with Crippen LogP contribution in [0, 0.1) is 9.39 Å². The lowest BCUT2D eigenvalue weighted by Crippen LogP contribution is -2.12. The molecule has 0 aliphatic rings. The second-order valence-electron chi connectivity index (χ2n) is 3.48. The summed E-state index contributed by atoms with van der Waals surface area (Å²) in [5, 5.41) is 2.90. The Kier molecular flexibility index (Phi) is 4.13. The van der Waals surface area contributed by atoms with Crippen LogP contribution in [-0.2, 0) is 0 Å². The summed E-state index contributed by atoms with van der Waals surface area (Å²) in [5.41, 5.74) is 0.762. The minimum Gasteiger partial charge on any atom is -0.322 e. The highest BCUT2D eigenvalue weighted by atomic mass is 127. The Morgan fingerprint density at radius 3 is 2.72 bits per heavy atom. The van der Waals surface area contributed by atoms with Crippen LogP contribution in [0.5, 0.6) is 0 Å². The molecule has 0 aliphatic carbocycles. The standard InChI is InChI=1S/C12H7ClFIN2O/c13-11-2-1-7(6-16-11)12(18)17-10-4-8(14)3-9(15)5-10/h1-6H,(H,17,18). The summed E-state index contributed by atoms with van der Waals surface area (Å²) in [6, 6.07) is 7.37. The second kappa shape index (κ2) is 5.62. The summed E-state index contributed by atoms with van der Waals surface area (Å²) in [6.07, 6.45) is 1.36. The second-order valence-corrected chi connectivity index (χ2v) is 5.11. The molecule has 1 amide bonds. The molecule has 0 radical (unpaired) electrons. The lowest BCUT2D eigenvalue weighted by atomic mass is 10.2. The molecular formula is C12H7ClFIN2O. The lowest BCUT2D eigenvalue weighted by Gasteiger charge is -2.05. The third-order valence-electron chi connectivity index (χ3n) is 2.11. The van der Waals surface area contributed by atoms with Crippen molar-refractivity contribution in [2.75, 3.05) is 5.32 Å².